The maximum atomic E-state index is 13.4. The fraction of sp³-hybridized carbons (Fsp3) is 0.650. The summed E-state index contributed by atoms with van der Waals surface area (Å²) < 4.78 is 28.5. The van der Waals surface area contributed by atoms with Crippen molar-refractivity contribution in [3.05, 3.63) is 28.7 Å². The lowest BCUT2D eigenvalue weighted by Gasteiger charge is -2.31. The Morgan fingerprint density at radius 3 is 2.86 bits per heavy atom. The molecule has 1 aliphatic heterocycles. The Morgan fingerprint density at radius 1 is 1.41 bits per heavy atom. The molecule has 2 unspecified atom stereocenters. The van der Waals surface area contributed by atoms with Crippen LogP contribution in [-0.2, 0) is 11.2 Å². The topological polar surface area (TPSA) is 85.3 Å². The molecule has 1 amide bonds. The minimum Gasteiger partial charge on any atom is -0.356 e. The lowest BCUT2D eigenvalue weighted by Crippen LogP contribution is -2.41. The van der Waals surface area contributed by atoms with Crippen molar-refractivity contribution in [2.24, 2.45) is 23.5 Å². The Kier molecular flexibility index (Phi) is 5.50. The second kappa shape index (κ2) is 7.80. The number of hydrogen-bond acceptors (Lipinski definition) is 4. The number of nitrogens with zero attached hydrogens (tertiary/aromatic N) is 3. The number of nitrogens with two attached hydrogens (primary N) is 1. The van der Waals surface area contributed by atoms with Crippen molar-refractivity contribution in [2.75, 3.05) is 6.54 Å². The summed E-state index contributed by atoms with van der Waals surface area (Å²) in [5.41, 5.74) is 8.18. The van der Waals surface area contributed by atoms with Crippen LogP contribution in [0.2, 0.25) is 5.02 Å². The molecule has 3 N–H and O–H groups in total. The van der Waals surface area contributed by atoms with Gasteiger partial charge in [0.15, 0.2) is 5.65 Å². The van der Waals surface area contributed by atoms with Crippen molar-refractivity contribution in [1.29, 1.82) is 0 Å². The molecule has 1 aliphatic carbocycles. The van der Waals surface area contributed by atoms with E-state index in [9.17, 15) is 13.6 Å². The highest BCUT2D eigenvalue weighted by molar-refractivity contribution is 6.31. The van der Waals surface area contributed by atoms with Crippen molar-refractivity contribution in [2.45, 2.75) is 57.4 Å². The van der Waals surface area contributed by atoms with Crippen LogP contribution in [0.4, 0.5) is 8.78 Å². The van der Waals surface area contributed by atoms with E-state index in [0.717, 1.165) is 6.42 Å². The number of piperidine rings is 1. The van der Waals surface area contributed by atoms with Gasteiger partial charge in [-0.15, -0.1) is 0 Å². The van der Waals surface area contributed by atoms with Gasteiger partial charge < -0.3 is 11.1 Å². The van der Waals surface area contributed by atoms with E-state index in [1.54, 1.807) is 16.8 Å². The molecule has 158 valence electrons. The van der Waals surface area contributed by atoms with Gasteiger partial charge >= 0.3 is 0 Å². The van der Waals surface area contributed by atoms with Gasteiger partial charge in [0, 0.05) is 37.8 Å². The normalized spacial score (nSPS) is 26.4. The number of hydrogen-bond donors (Lipinski definition) is 2. The zero-order chi connectivity index (χ0) is 20.8. The molecule has 2 aromatic rings. The molecule has 3 atom stereocenters. The molecule has 2 fully saturated rings. The van der Waals surface area contributed by atoms with E-state index in [0.29, 0.717) is 53.8 Å². The number of carbonyl (C=O) groups is 1. The number of alkyl halides is 2. The number of halogens is 3. The third-order valence-electron chi connectivity index (χ3n) is 6.23. The first-order valence-corrected chi connectivity index (χ1v) is 10.6. The van der Waals surface area contributed by atoms with E-state index in [4.69, 9.17) is 17.3 Å². The highest BCUT2D eigenvalue weighted by atomic mass is 35.5. The van der Waals surface area contributed by atoms with E-state index in [1.165, 1.54) is 0 Å². The van der Waals surface area contributed by atoms with Crippen molar-refractivity contribution in [3.8, 4) is 0 Å². The summed E-state index contributed by atoms with van der Waals surface area (Å²) in [7, 11) is 0. The van der Waals surface area contributed by atoms with Crippen molar-refractivity contribution in [1.82, 2.24) is 19.9 Å². The van der Waals surface area contributed by atoms with E-state index in [-0.39, 0.29) is 30.6 Å². The summed E-state index contributed by atoms with van der Waals surface area (Å²) in [6.07, 6.45) is 3.52. The lowest BCUT2D eigenvalue weighted by molar-refractivity contribution is -0.127. The van der Waals surface area contributed by atoms with Gasteiger partial charge in [-0.1, -0.05) is 18.5 Å². The first kappa shape index (κ1) is 20.5. The largest absolute Gasteiger partial charge is 0.356 e. The van der Waals surface area contributed by atoms with Gasteiger partial charge in [-0.05, 0) is 31.1 Å². The maximum Gasteiger partial charge on any atom is 0.248 e. The monoisotopic (exact) mass is 425 g/mol. The maximum absolute atomic E-state index is 13.4. The molecule has 1 saturated carbocycles. The van der Waals surface area contributed by atoms with E-state index < -0.39 is 12.0 Å². The summed E-state index contributed by atoms with van der Waals surface area (Å²) in [6.45, 7) is 2.81. The first-order chi connectivity index (χ1) is 13.7. The summed E-state index contributed by atoms with van der Waals surface area (Å²) >= 11 is 6.41. The molecule has 0 aromatic carbocycles. The smallest absolute Gasteiger partial charge is 0.248 e. The Morgan fingerprint density at radius 2 is 2.14 bits per heavy atom. The molecule has 4 rings (SSSR count). The molecule has 0 bridgehead atoms. The lowest BCUT2D eigenvalue weighted by atomic mass is 9.81. The minimum atomic E-state index is -2.58. The molecule has 29 heavy (non-hydrogen) atoms. The molecule has 0 radical (unpaired) electrons. The van der Waals surface area contributed by atoms with Crippen molar-refractivity contribution in [3.63, 3.8) is 0 Å². The second-order valence-electron chi connectivity index (χ2n) is 8.61. The average Bonchev–Trinajstić information content (AvgIpc) is 3.07. The van der Waals surface area contributed by atoms with Crippen LogP contribution in [-0.4, -0.2) is 33.0 Å². The fourth-order valence-corrected chi connectivity index (χ4v) is 4.64. The van der Waals surface area contributed by atoms with Crippen LogP contribution < -0.4 is 11.1 Å². The summed E-state index contributed by atoms with van der Waals surface area (Å²) in [4.78, 5) is 16.7. The molecule has 6 nitrogen and oxygen atoms in total. The van der Waals surface area contributed by atoms with E-state index in [2.05, 4.69) is 22.3 Å². The third kappa shape index (κ3) is 4.38. The summed E-state index contributed by atoms with van der Waals surface area (Å²) in [5, 5.41) is 7.95. The third-order valence-corrected chi connectivity index (χ3v) is 6.55. The van der Waals surface area contributed by atoms with Crippen molar-refractivity contribution < 1.29 is 13.6 Å². The number of imidazole rings is 1. The van der Waals surface area contributed by atoms with Crippen molar-refractivity contribution >= 4 is 23.2 Å². The van der Waals surface area contributed by atoms with E-state index in [1.807, 2.05) is 0 Å². The van der Waals surface area contributed by atoms with Crippen LogP contribution in [0.15, 0.2) is 12.3 Å². The summed E-state index contributed by atoms with van der Waals surface area (Å²) in [6, 6.07) is 1.30. The Hall–Kier alpha value is -1.80. The highest BCUT2D eigenvalue weighted by Crippen LogP contribution is 2.40. The van der Waals surface area contributed by atoms with Gasteiger partial charge in [0.25, 0.3) is 0 Å². The van der Waals surface area contributed by atoms with Crippen LogP contribution in [0, 0.1) is 17.8 Å². The molecule has 2 aromatic heterocycles. The molecule has 2 aliphatic rings. The number of nitrogens with one attached hydrogen (secondary N) is 1. The van der Waals surface area contributed by atoms with Gasteiger partial charge in [0.2, 0.25) is 11.8 Å². The van der Waals surface area contributed by atoms with E-state index >= 15 is 0 Å². The van der Waals surface area contributed by atoms with Gasteiger partial charge in [-0.25, -0.2) is 18.3 Å². The van der Waals surface area contributed by atoms with Gasteiger partial charge in [0.1, 0.15) is 0 Å². The summed E-state index contributed by atoms with van der Waals surface area (Å²) in [5.74, 6) is -2.32. The molecule has 9 heteroatoms. The predicted molar refractivity (Wildman–Crippen MR) is 106 cm³/mol. The van der Waals surface area contributed by atoms with Crippen LogP contribution >= 0.6 is 11.6 Å². The number of fused-ring (bicyclic) bond motifs is 1. The molecule has 3 heterocycles. The minimum absolute atomic E-state index is 0.0260. The first-order valence-electron chi connectivity index (χ1n) is 10.2. The zero-order valence-corrected chi connectivity index (χ0v) is 17.1. The average molecular weight is 426 g/mol. The Balaban J connectivity index is 1.53. The van der Waals surface area contributed by atoms with Gasteiger partial charge in [-0.3, -0.25) is 4.79 Å². The SMILES string of the molecule is CC1CNC(=O)C(Cc2nn3cc([C@@H](N)C4CCC(F)(F)CC4)nc3cc2Cl)C1. The second-order valence-corrected chi connectivity index (χ2v) is 9.02. The number of aromatic nitrogens is 3. The molecular formula is C20H26ClF2N5O. The predicted octanol–water partition coefficient (Wildman–Crippen LogP) is 3.52. The number of amides is 1. The number of rotatable bonds is 4. The van der Waals surface area contributed by atoms with Crippen LogP contribution in [0.5, 0.6) is 0 Å². The quantitative estimate of drug-likeness (QED) is 0.784. The molecular weight excluding hydrogens is 400 g/mol. The van der Waals surface area contributed by atoms with Gasteiger partial charge in [-0.2, -0.15) is 5.10 Å². The van der Waals surface area contributed by atoms with Crippen LogP contribution in [0.25, 0.3) is 5.65 Å². The van der Waals surface area contributed by atoms with Crippen LogP contribution in [0.3, 0.4) is 0 Å². The molecule has 1 saturated heterocycles. The molecule has 0 spiro atoms. The highest BCUT2D eigenvalue weighted by Gasteiger charge is 2.37. The standard InChI is InChI=1S/C20H26ClF2N5O/c1-11-6-13(19(29)25-9-11)7-15-14(21)8-17-26-16(10-28(17)27-15)18(24)12-2-4-20(22,23)5-3-12/h8,10-13,18H,2-7,9,24H2,1H3,(H,25,29)/t11?,13?,18-/m0/s1. The van der Waals surface area contributed by atoms with Crippen LogP contribution in [0.1, 0.15) is 56.5 Å². The zero-order valence-electron chi connectivity index (χ0n) is 16.4. The Bertz CT molecular complexity index is 908. The Labute approximate surface area is 173 Å². The van der Waals surface area contributed by atoms with Gasteiger partial charge in [0.05, 0.1) is 28.6 Å². The fourth-order valence-electron chi connectivity index (χ4n) is 4.42. The number of carbonyl (C=O) groups excluding carboxylic acids is 1.